The van der Waals surface area contributed by atoms with Crippen LogP contribution in [0.25, 0.3) is 229 Å². The van der Waals surface area contributed by atoms with Gasteiger partial charge < -0.3 is 34.9 Å². The third-order valence-electron chi connectivity index (χ3n) is 25.4. The van der Waals surface area contributed by atoms with Gasteiger partial charge in [0, 0.05) is 207 Å². The number of aldehydes is 3. The number of aromatic amines is 1. The second-order valence-corrected chi connectivity index (χ2v) is 39.8. The molecule has 11 heterocycles. The second-order valence-electron chi connectivity index (χ2n) is 32.9. The molecule has 0 fully saturated rings. The molecule has 137 heavy (non-hydrogen) atoms. The number of pyridine rings is 1. The molecule has 0 saturated carbocycles. The first-order chi connectivity index (χ1) is 66.6. The third kappa shape index (κ3) is 14.9. The van der Waals surface area contributed by atoms with E-state index in [2.05, 4.69) is 426 Å². The number of thiophene rings is 4. The predicted octanol–water partition coefficient (Wildman–Crippen LogP) is 33.5. The van der Waals surface area contributed by atoms with Gasteiger partial charge in [0.1, 0.15) is 17.8 Å². The average Bonchev–Trinajstić information content (AvgIpc) is 1.57. The largest absolute Gasteiger partial charge is 0.412 e. The summed E-state index contributed by atoms with van der Waals surface area (Å²) < 4.78 is 25.6. The molecule has 0 amide bonds. The summed E-state index contributed by atoms with van der Waals surface area (Å²) >= 11 is 17.8. The van der Waals surface area contributed by atoms with Crippen LogP contribution in [0.1, 0.15) is 10.4 Å². The summed E-state index contributed by atoms with van der Waals surface area (Å²) in [6.45, 7) is 0. The van der Waals surface area contributed by atoms with E-state index in [1.165, 1.54) is 201 Å². The van der Waals surface area contributed by atoms with Crippen LogP contribution >= 0.6 is 93.1 Å². The zero-order valence-corrected chi connectivity index (χ0v) is 80.8. The highest BCUT2D eigenvalue weighted by Crippen LogP contribution is 2.50. The van der Waals surface area contributed by atoms with Crippen molar-refractivity contribution in [1.82, 2.24) is 43.8 Å². The summed E-state index contributed by atoms with van der Waals surface area (Å²) in [6, 6.07) is 136. The Morgan fingerprint density at radius 1 is 0.277 bits per heavy atom. The predicted molar refractivity (Wildman–Crippen MR) is 592 cm³/mol. The fraction of sp³-hybridized carbons (Fsp3) is 0. The fourth-order valence-electron chi connectivity index (χ4n) is 19.8. The van der Waals surface area contributed by atoms with E-state index in [4.69, 9.17) is 14.6 Å². The van der Waals surface area contributed by atoms with Gasteiger partial charge >= 0.3 is 0 Å². The topological polar surface area (TPSA) is 183 Å². The van der Waals surface area contributed by atoms with Gasteiger partial charge in [-0.1, -0.05) is 246 Å². The van der Waals surface area contributed by atoms with Crippen molar-refractivity contribution in [2.45, 2.75) is 0 Å². The Kier molecular flexibility index (Phi) is 23.3. The number of aromatic nitrogens is 8. The number of fused-ring (bicyclic) bond motifs is 34. The Labute approximate surface area is 823 Å². The van der Waals surface area contributed by atoms with Crippen molar-refractivity contribution in [3.8, 4) is 34.1 Å². The molecule has 0 aliphatic carbocycles. The van der Waals surface area contributed by atoms with Crippen molar-refractivity contribution in [3.05, 3.63) is 426 Å². The number of hydrogen-bond donors (Lipinski definition) is 2. The summed E-state index contributed by atoms with van der Waals surface area (Å²) in [7, 11) is 0. The van der Waals surface area contributed by atoms with Crippen LogP contribution in [0.5, 0.6) is 0 Å². The van der Waals surface area contributed by atoms with Gasteiger partial charge in [-0.3, -0.25) is 18.8 Å². The van der Waals surface area contributed by atoms with Gasteiger partial charge in [0.05, 0.1) is 49.7 Å². The second kappa shape index (κ2) is 36.6. The lowest BCUT2D eigenvalue weighted by Gasteiger charge is -2.11. The number of nitrogens with one attached hydrogen (secondary N) is 1. The number of carbonyl (C=O) groups is 3. The molecule has 29 aromatic rings. The van der Waals surface area contributed by atoms with E-state index < -0.39 is 0 Å². The van der Waals surface area contributed by atoms with Gasteiger partial charge in [0.2, 0.25) is 0 Å². The van der Waals surface area contributed by atoms with E-state index in [-0.39, 0.29) is 24.2 Å². The molecule has 29 rings (SSSR count). The minimum atomic E-state index is 0. The quantitative estimate of drug-likeness (QED) is 0.0909. The van der Waals surface area contributed by atoms with Gasteiger partial charge in [-0.25, -0.2) is 9.97 Å². The van der Waals surface area contributed by atoms with E-state index in [1.807, 2.05) is 100 Å². The van der Waals surface area contributed by atoms with E-state index in [0.717, 1.165) is 47.9 Å². The molecular weight excluding hydrogens is 1960 g/mol. The smallest absolute Gasteiger partial charge is 0.182 e. The average molecular weight is 2040 g/mol. The summed E-state index contributed by atoms with van der Waals surface area (Å²) in [4.78, 5) is 41.6. The van der Waals surface area contributed by atoms with Crippen LogP contribution in [0.3, 0.4) is 0 Å². The molecule has 18 aromatic carbocycles. The van der Waals surface area contributed by atoms with E-state index >= 15 is 0 Å². The SMILES string of the molecule is Brc1ccc2c3ccc4sc5ccccc5c4c3n(-c3ccccc3)c2c1.Brc1ccccc1Br.N.O.O=CC=O.O=Cc1ccc2c3ccc4sc5ccccc5c4c3n(-c3ccccc3)c2c1.c1ccc(-n2c3cc(-c4ncc[nH]4)ccc3c3ccc4sc5ccccc5c4c32)cc1.c1ccc(-n2c3cc4c(cc3c3ccc5sc6ccccc6c5c32)c2ccccc2n2ccnc42)cc1. The lowest BCUT2D eigenvalue weighted by atomic mass is 10.0. The van der Waals surface area contributed by atoms with Gasteiger partial charge in [0.25, 0.3) is 0 Å². The molecule has 11 aromatic heterocycles. The molecule has 0 radical (unpaired) electrons. The number of H-pyrrole nitrogens is 1. The van der Waals surface area contributed by atoms with E-state index in [1.54, 1.807) is 6.20 Å². The van der Waals surface area contributed by atoms with Crippen LogP contribution in [0.2, 0.25) is 0 Å². The number of para-hydroxylation sites is 5. The Morgan fingerprint density at radius 3 is 1.04 bits per heavy atom. The Balaban J connectivity index is 0.000000101. The van der Waals surface area contributed by atoms with Crippen molar-refractivity contribution in [1.29, 1.82) is 0 Å². The molecule has 0 spiro atoms. The highest BCUT2D eigenvalue weighted by molar-refractivity contribution is 9.13. The highest BCUT2D eigenvalue weighted by atomic mass is 79.9. The van der Waals surface area contributed by atoms with Crippen LogP contribution in [-0.2, 0) is 9.59 Å². The monoisotopic (exact) mass is 2040 g/mol. The normalized spacial score (nSPS) is 11.4. The molecular formula is C117H76Br3N9O4S4. The van der Waals surface area contributed by atoms with Crippen LogP contribution in [0.15, 0.2) is 420 Å². The van der Waals surface area contributed by atoms with Crippen LogP contribution < -0.4 is 6.15 Å². The number of carbonyl (C=O) groups excluding carboxylic acids is 3. The lowest BCUT2D eigenvalue weighted by Crippen LogP contribution is -1.95. The Hall–Kier alpha value is -15.2. The van der Waals surface area contributed by atoms with Crippen LogP contribution in [0.4, 0.5) is 0 Å². The van der Waals surface area contributed by atoms with Gasteiger partial charge in [-0.2, -0.15) is 0 Å². The number of halogens is 3. The number of nitrogens with zero attached hydrogens (tertiary/aromatic N) is 7. The first-order valence-corrected chi connectivity index (χ1v) is 49.6. The van der Waals surface area contributed by atoms with Crippen molar-refractivity contribution >= 4 is 307 Å². The lowest BCUT2D eigenvalue weighted by molar-refractivity contribution is -0.122. The molecule has 658 valence electrons. The first kappa shape index (κ1) is 87.2. The van der Waals surface area contributed by atoms with E-state index in [0.29, 0.717) is 5.56 Å². The number of hydrogen-bond acceptors (Lipinski definition) is 10. The first-order valence-electron chi connectivity index (χ1n) is 44.0. The molecule has 6 N–H and O–H groups in total. The standard InChI is InChI=1S/C33H19N3S.C27H17N3S.C25H15NOS.C24H14BrNS.C6H4Br2.C2H2O2.H3N.H2O/c1-2-8-20(9-3-1)36-28-19-26-24(21-10-4-6-12-27(21)35-17-16-34-33(26)35)18-25(28)22-14-15-30-31(32(22)36)23-11-5-7-13-29(23)37-30;1-2-6-18(7-3-1)30-22-16-17(27-28-14-15-29-27)10-11-19(22)20-12-13-24-25(26(20)30)21-8-4-5-9-23(21)31-24;27-15-16-10-11-18-19-12-13-23-24(20-8-4-5-9-22(20)28-23)25(19)26(21(18)14-16)17-6-2-1-3-7-17;25-15-10-11-17-18-12-13-22-23(19-8-4-5-9-21(19)27-22)24(18)26(20(17)14-15)16-6-2-1-3-7-16;7-5-3-1-2-4-6(5)8;3-1-2-4;;/h1-19H;1-16H,(H,28,29);1-15H;1-14H;1-4H;1-2H;1H3;1H2. The fourth-order valence-corrected chi connectivity index (χ4v) is 25.1. The molecule has 20 heteroatoms. The Bertz CT molecular complexity index is 9760. The maximum absolute atomic E-state index is 11.5. The zero-order chi connectivity index (χ0) is 90.5. The number of benzene rings is 18. The molecule has 0 atom stereocenters. The molecule has 0 aliphatic rings. The van der Waals surface area contributed by atoms with Crippen molar-refractivity contribution in [2.24, 2.45) is 0 Å². The van der Waals surface area contributed by atoms with Crippen LogP contribution in [0, 0.1) is 0 Å². The summed E-state index contributed by atoms with van der Waals surface area (Å²) in [5.74, 6) is 0.887. The van der Waals surface area contributed by atoms with Crippen molar-refractivity contribution in [2.75, 3.05) is 0 Å². The van der Waals surface area contributed by atoms with Gasteiger partial charge in [-0.05, 0) is 189 Å². The Morgan fingerprint density at radius 2 is 0.628 bits per heavy atom. The van der Waals surface area contributed by atoms with Gasteiger partial charge in [0.15, 0.2) is 12.6 Å². The zero-order valence-electron chi connectivity index (χ0n) is 72.7. The van der Waals surface area contributed by atoms with Crippen LogP contribution in [-0.4, -0.2) is 62.0 Å². The molecule has 0 saturated heterocycles. The molecule has 0 aliphatic heterocycles. The maximum atomic E-state index is 11.5. The summed E-state index contributed by atoms with van der Waals surface area (Å²) in [5, 5.41) is 24.3. The van der Waals surface area contributed by atoms with Crippen molar-refractivity contribution in [3.63, 3.8) is 0 Å². The summed E-state index contributed by atoms with van der Waals surface area (Å²) in [6.07, 6.45) is 8.94. The van der Waals surface area contributed by atoms with E-state index in [9.17, 15) is 4.79 Å². The molecule has 0 unspecified atom stereocenters. The third-order valence-corrected chi connectivity index (χ3v) is 32.3. The summed E-state index contributed by atoms with van der Waals surface area (Å²) in [5.41, 5.74) is 18.3. The minimum Gasteiger partial charge on any atom is -0.412 e. The number of imidazole rings is 2. The maximum Gasteiger partial charge on any atom is 0.182 e. The highest BCUT2D eigenvalue weighted by Gasteiger charge is 2.26. The molecule has 13 nitrogen and oxygen atoms in total. The molecule has 0 bridgehead atoms. The number of rotatable bonds is 7. The minimum absolute atomic E-state index is 0. The van der Waals surface area contributed by atoms with Crippen molar-refractivity contribution < 1.29 is 19.9 Å². The van der Waals surface area contributed by atoms with Gasteiger partial charge in [-0.15, -0.1) is 45.3 Å².